The molecule has 0 aliphatic rings. The van der Waals surface area contributed by atoms with Crippen molar-refractivity contribution in [3.05, 3.63) is 26.7 Å². The van der Waals surface area contributed by atoms with E-state index in [-0.39, 0.29) is 0 Å². The molecule has 0 aromatic heterocycles. The van der Waals surface area contributed by atoms with Gasteiger partial charge in [0.2, 0.25) is 0 Å². The first-order valence-corrected chi connectivity index (χ1v) is 7.45. The van der Waals surface area contributed by atoms with Crippen molar-refractivity contribution in [2.45, 2.75) is 26.8 Å². The van der Waals surface area contributed by atoms with Crippen molar-refractivity contribution < 1.29 is 4.74 Å². The van der Waals surface area contributed by atoms with Crippen molar-refractivity contribution in [2.24, 2.45) is 5.92 Å². The summed E-state index contributed by atoms with van der Waals surface area (Å²) in [7, 11) is 0. The lowest BCUT2D eigenvalue weighted by Gasteiger charge is -2.16. The summed E-state index contributed by atoms with van der Waals surface area (Å²) < 4.78 is 6.46. The number of benzene rings is 1. The average molecular weight is 355 g/mol. The van der Waals surface area contributed by atoms with Crippen LogP contribution in [-0.2, 0) is 0 Å². The fraction of sp³-hybridized carbons (Fsp3) is 0.538. The van der Waals surface area contributed by atoms with Crippen LogP contribution in [-0.4, -0.2) is 19.2 Å². The van der Waals surface area contributed by atoms with Crippen LogP contribution in [0.3, 0.4) is 0 Å². The second kappa shape index (κ2) is 7.59. The SMILES string of the molecule is CC(CNC(C)C)COc1cc(Cl)c(Br)cc1Cl. The quantitative estimate of drug-likeness (QED) is 0.743. The van der Waals surface area contributed by atoms with E-state index in [0.29, 0.717) is 34.4 Å². The first-order valence-electron chi connectivity index (χ1n) is 5.91. The number of ether oxygens (including phenoxy) is 1. The van der Waals surface area contributed by atoms with Crippen LogP contribution in [0.1, 0.15) is 20.8 Å². The summed E-state index contributed by atoms with van der Waals surface area (Å²) in [6.45, 7) is 7.90. The largest absolute Gasteiger partial charge is 0.492 e. The van der Waals surface area contributed by atoms with Crippen LogP contribution in [0, 0.1) is 5.92 Å². The third kappa shape index (κ3) is 5.35. The molecule has 0 radical (unpaired) electrons. The number of hydrogen-bond acceptors (Lipinski definition) is 2. The standard InChI is InChI=1S/C13H18BrCl2NO/c1-8(2)17-6-9(3)7-18-13-5-11(15)10(14)4-12(13)16/h4-5,8-9,17H,6-7H2,1-3H3. The van der Waals surface area contributed by atoms with Gasteiger partial charge in [0.15, 0.2) is 0 Å². The molecule has 0 spiro atoms. The highest BCUT2D eigenvalue weighted by Gasteiger charge is 2.09. The molecule has 1 rings (SSSR count). The van der Waals surface area contributed by atoms with Crippen molar-refractivity contribution in [2.75, 3.05) is 13.2 Å². The first kappa shape index (κ1) is 16.1. The van der Waals surface area contributed by atoms with E-state index in [1.165, 1.54) is 0 Å². The van der Waals surface area contributed by atoms with E-state index in [1.54, 1.807) is 12.1 Å². The molecule has 0 bridgehead atoms. The van der Waals surface area contributed by atoms with E-state index in [9.17, 15) is 0 Å². The smallest absolute Gasteiger partial charge is 0.139 e. The average Bonchev–Trinajstić information content (AvgIpc) is 2.29. The highest BCUT2D eigenvalue weighted by molar-refractivity contribution is 9.10. The van der Waals surface area contributed by atoms with Crippen LogP contribution in [0.4, 0.5) is 0 Å². The lowest BCUT2D eigenvalue weighted by Crippen LogP contribution is -2.30. The lowest BCUT2D eigenvalue weighted by atomic mass is 10.2. The van der Waals surface area contributed by atoms with Gasteiger partial charge < -0.3 is 10.1 Å². The Labute approximate surface area is 127 Å². The van der Waals surface area contributed by atoms with Gasteiger partial charge in [-0.3, -0.25) is 0 Å². The predicted molar refractivity (Wildman–Crippen MR) is 82.0 cm³/mol. The van der Waals surface area contributed by atoms with Gasteiger partial charge in [-0.2, -0.15) is 0 Å². The number of nitrogens with one attached hydrogen (secondary N) is 1. The van der Waals surface area contributed by atoms with E-state index in [2.05, 4.69) is 42.0 Å². The molecular formula is C13H18BrCl2NO. The molecule has 0 saturated heterocycles. The maximum atomic E-state index is 6.08. The number of hydrogen-bond donors (Lipinski definition) is 1. The van der Waals surface area contributed by atoms with Gasteiger partial charge in [-0.1, -0.05) is 44.0 Å². The van der Waals surface area contributed by atoms with Crippen molar-refractivity contribution >= 4 is 39.1 Å². The molecule has 1 aromatic carbocycles. The summed E-state index contributed by atoms with van der Waals surface area (Å²) in [4.78, 5) is 0. The Morgan fingerprint density at radius 3 is 2.50 bits per heavy atom. The van der Waals surface area contributed by atoms with Crippen LogP contribution in [0.15, 0.2) is 16.6 Å². The summed E-state index contributed by atoms with van der Waals surface area (Å²) in [5, 5.41) is 4.53. The van der Waals surface area contributed by atoms with Crippen molar-refractivity contribution in [3.8, 4) is 5.75 Å². The maximum Gasteiger partial charge on any atom is 0.139 e. The minimum absolute atomic E-state index is 0.408. The second-order valence-corrected chi connectivity index (χ2v) is 6.34. The first-order chi connectivity index (χ1) is 8.40. The Hall–Kier alpha value is 0.0400. The molecule has 102 valence electrons. The molecule has 1 atom stereocenters. The number of rotatable bonds is 6. The summed E-state index contributed by atoms with van der Waals surface area (Å²) in [5.41, 5.74) is 0. The van der Waals surface area contributed by atoms with Crippen LogP contribution in [0.25, 0.3) is 0 Å². The van der Waals surface area contributed by atoms with Crippen molar-refractivity contribution in [3.63, 3.8) is 0 Å². The predicted octanol–water partition coefficient (Wildman–Crippen LogP) is 4.77. The fourth-order valence-electron chi connectivity index (χ4n) is 1.34. The Balaban J connectivity index is 2.50. The monoisotopic (exact) mass is 353 g/mol. The highest BCUT2D eigenvalue weighted by Crippen LogP contribution is 2.34. The van der Waals surface area contributed by atoms with Crippen LogP contribution >= 0.6 is 39.1 Å². The summed E-state index contributed by atoms with van der Waals surface area (Å²) in [6, 6.07) is 3.96. The van der Waals surface area contributed by atoms with Crippen LogP contribution in [0.2, 0.25) is 10.0 Å². The number of halogens is 3. The molecule has 0 amide bonds. The zero-order valence-corrected chi connectivity index (χ0v) is 13.9. The Morgan fingerprint density at radius 2 is 1.89 bits per heavy atom. The van der Waals surface area contributed by atoms with E-state index >= 15 is 0 Å². The zero-order valence-electron chi connectivity index (χ0n) is 10.8. The summed E-state index contributed by atoms with van der Waals surface area (Å²) >= 11 is 15.4. The molecule has 0 fully saturated rings. The van der Waals surface area contributed by atoms with Gasteiger partial charge in [-0.25, -0.2) is 0 Å². The maximum absolute atomic E-state index is 6.08. The Morgan fingerprint density at radius 1 is 1.22 bits per heavy atom. The summed E-state index contributed by atoms with van der Waals surface area (Å²) in [6.07, 6.45) is 0. The van der Waals surface area contributed by atoms with Gasteiger partial charge in [-0.15, -0.1) is 0 Å². The summed E-state index contributed by atoms with van der Waals surface area (Å²) in [5.74, 6) is 1.03. The molecule has 0 aliphatic heterocycles. The minimum atomic E-state index is 0.408. The lowest BCUT2D eigenvalue weighted by molar-refractivity contribution is 0.253. The molecule has 1 unspecified atom stereocenters. The van der Waals surface area contributed by atoms with Crippen LogP contribution < -0.4 is 10.1 Å². The Bertz CT molecular complexity index is 399. The molecule has 2 nitrogen and oxygen atoms in total. The van der Waals surface area contributed by atoms with E-state index < -0.39 is 0 Å². The van der Waals surface area contributed by atoms with E-state index in [4.69, 9.17) is 27.9 Å². The molecule has 0 heterocycles. The molecule has 1 aromatic rings. The second-order valence-electron chi connectivity index (χ2n) is 4.68. The topological polar surface area (TPSA) is 21.3 Å². The van der Waals surface area contributed by atoms with Gasteiger partial charge in [0.1, 0.15) is 5.75 Å². The van der Waals surface area contributed by atoms with Gasteiger partial charge in [0.25, 0.3) is 0 Å². The molecule has 0 saturated carbocycles. The molecule has 18 heavy (non-hydrogen) atoms. The van der Waals surface area contributed by atoms with Gasteiger partial charge in [0.05, 0.1) is 16.7 Å². The van der Waals surface area contributed by atoms with E-state index in [0.717, 1.165) is 11.0 Å². The van der Waals surface area contributed by atoms with Crippen molar-refractivity contribution in [1.82, 2.24) is 5.32 Å². The third-order valence-electron chi connectivity index (χ3n) is 2.37. The molecule has 0 aliphatic carbocycles. The molecule has 1 N–H and O–H groups in total. The van der Waals surface area contributed by atoms with Crippen LogP contribution in [0.5, 0.6) is 5.75 Å². The fourth-order valence-corrected chi connectivity index (χ4v) is 2.19. The highest BCUT2D eigenvalue weighted by atomic mass is 79.9. The molecular weight excluding hydrogens is 337 g/mol. The Kier molecular flexibility index (Phi) is 6.78. The molecule has 5 heteroatoms. The van der Waals surface area contributed by atoms with Gasteiger partial charge in [0, 0.05) is 29.0 Å². The zero-order chi connectivity index (χ0) is 13.7. The van der Waals surface area contributed by atoms with Crippen molar-refractivity contribution in [1.29, 1.82) is 0 Å². The van der Waals surface area contributed by atoms with Gasteiger partial charge in [-0.05, 0) is 22.0 Å². The van der Waals surface area contributed by atoms with Gasteiger partial charge >= 0.3 is 0 Å². The minimum Gasteiger partial charge on any atom is -0.492 e. The third-order valence-corrected chi connectivity index (χ3v) is 3.87. The van der Waals surface area contributed by atoms with E-state index in [1.807, 2.05) is 0 Å². The normalized spacial score (nSPS) is 12.8.